The molecule has 4 rings (SSSR count). The number of benzene rings is 1. The molecule has 6 nitrogen and oxygen atoms in total. The van der Waals surface area contributed by atoms with Gasteiger partial charge in [0.1, 0.15) is 17.0 Å². The number of nitrogens with zero attached hydrogens (tertiary/aromatic N) is 3. The van der Waals surface area contributed by atoms with Crippen LogP contribution in [0.2, 0.25) is 0 Å². The number of nitrogens with one attached hydrogen (secondary N) is 1. The van der Waals surface area contributed by atoms with Gasteiger partial charge in [0.25, 0.3) is 5.91 Å². The van der Waals surface area contributed by atoms with Crippen LogP contribution >= 0.6 is 11.3 Å². The van der Waals surface area contributed by atoms with Crippen molar-refractivity contribution >= 4 is 28.3 Å². The van der Waals surface area contributed by atoms with Gasteiger partial charge in [-0.1, -0.05) is 24.3 Å². The van der Waals surface area contributed by atoms with Gasteiger partial charge in [0.15, 0.2) is 0 Å². The third-order valence-electron chi connectivity index (χ3n) is 4.80. The fraction of sp³-hybridized carbons (Fsp3) is 0.273. The van der Waals surface area contributed by atoms with E-state index in [1.165, 1.54) is 0 Å². The highest BCUT2D eigenvalue weighted by atomic mass is 32.1. The number of hydrogen-bond donors (Lipinski definition) is 1. The van der Waals surface area contributed by atoms with Crippen molar-refractivity contribution in [2.45, 2.75) is 13.3 Å². The van der Waals surface area contributed by atoms with Crippen molar-refractivity contribution in [2.24, 2.45) is 7.05 Å². The van der Waals surface area contributed by atoms with Crippen LogP contribution in [0.1, 0.15) is 23.8 Å². The molecule has 3 aromatic heterocycles. The molecule has 0 bridgehead atoms. The molecule has 0 saturated carbocycles. The molecule has 0 unspecified atom stereocenters. The van der Waals surface area contributed by atoms with Gasteiger partial charge in [0, 0.05) is 32.2 Å². The molecular formula is C22H24N4O2S. The van der Waals surface area contributed by atoms with E-state index in [-0.39, 0.29) is 5.91 Å². The lowest BCUT2D eigenvalue weighted by molar-refractivity contribution is 0.0936. The Kier molecular flexibility index (Phi) is 5.78. The Morgan fingerprint density at radius 2 is 2.03 bits per heavy atom. The van der Waals surface area contributed by atoms with Crippen LogP contribution in [0.3, 0.4) is 0 Å². The SMILES string of the molecule is CCOCCCNC(=O)c1cc2c(-c3cccs3)nn(-c3ccccc3)c2n1C. The number of carbonyl (C=O) groups excluding carboxylic acids is 1. The Hall–Kier alpha value is -2.90. The average Bonchev–Trinajstić information content (AvgIpc) is 3.46. The summed E-state index contributed by atoms with van der Waals surface area (Å²) in [5.41, 5.74) is 3.38. The maximum atomic E-state index is 12.8. The van der Waals surface area contributed by atoms with E-state index >= 15 is 0 Å². The second-order valence-electron chi connectivity index (χ2n) is 6.71. The molecule has 0 fully saturated rings. The quantitative estimate of drug-likeness (QED) is 0.444. The van der Waals surface area contributed by atoms with Gasteiger partial charge < -0.3 is 14.6 Å². The van der Waals surface area contributed by atoms with E-state index in [0.717, 1.165) is 33.7 Å². The van der Waals surface area contributed by atoms with Gasteiger partial charge in [0.05, 0.1) is 10.6 Å². The number of aryl methyl sites for hydroxylation is 1. The molecule has 0 radical (unpaired) electrons. The molecule has 4 aromatic rings. The lowest BCUT2D eigenvalue weighted by atomic mass is 10.2. The molecule has 1 N–H and O–H groups in total. The van der Waals surface area contributed by atoms with E-state index in [1.54, 1.807) is 11.3 Å². The monoisotopic (exact) mass is 408 g/mol. The van der Waals surface area contributed by atoms with E-state index < -0.39 is 0 Å². The third-order valence-corrected chi connectivity index (χ3v) is 5.68. The molecule has 0 spiro atoms. The molecule has 0 atom stereocenters. The van der Waals surface area contributed by atoms with Crippen molar-refractivity contribution < 1.29 is 9.53 Å². The molecule has 0 saturated heterocycles. The van der Waals surface area contributed by atoms with Gasteiger partial charge in [-0.2, -0.15) is 5.10 Å². The number of hydrogen-bond acceptors (Lipinski definition) is 4. The zero-order valence-electron chi connectivity index (χ0n) is 16.6. The maximum absolute atomic E-state index is 12.8. The largest absolute Gasteiger partial charge is 0.382 e. The van der Waals surface area contributed by atoms with Crippen LogP contribution in [0.15, 0.2) is 53.9 Å². The summed E-state index contributed by atoms with van der Waals surface area (Å²) >= 11 is 1.64. The van der Waals surface area contributed by atoms with Crippen molar-refractivity contribution in [1.29, 1.82) is 0 Å². The molecular weight excluding hydrogens is 384 g/mol. The summed E-state index contributed by atoms with van der Waals surface area (Å²) in [6, 6.07) is 16.0. The summed E-state index contributed by atoms with van der Waals surface area (Å²) in [6.07, 6.45) is 0.793. The number of amides is 1. The second-order valence-corrected chi connectivity index (χ2v) is 7.65. The minimum atomic E-state index is -0.0862. The van der Waals surface area contributed by atoms with E-state index in [0.29, 0.717) is 25.5 Å². The van der Waals surface area contributed by atoms with Crippen molar-refractivity contribution in [2.75, 3.05) is 19.8 Å². The van der Waals surface area contributed by atoms with E-state index in [1.807, 2.05) is 71.1 Å². The molecule has 3 heterocycles. The van der Waals surface area contributed by atoms with Crippen LogP contribution < -0.4 is 5.32 Å². The first kappa shape index (κ1) is 19.4. The number of ether oxygens (including phenoxy) is 1. The second kappa shape index (κ2) is 8.63. The standard InChI is InChI=1S/C22H24N4O2S/c1-3-28-13-8-12-23-21(27)18-15-17-20(19-11-7-14-29-19)24-26(22(17)25(18)2)16-9-5-4-6-10-16/h4-7,9-11,14-15H,3,8,12-13H2,1-2H3,(H,23,27). The Morgan fingerprint density at radius 1 is 1.21 bits per heavy atom. The molecule has 0 aliphatic rings. The fourth-order valence-electron chi connectivity index (χ4n) is 3.40. The minimum absolute atomic E-state index is 0.0862. The lowest BCUT2D eigenvalue weighted by Gasteiger charge is -2.08. The summed E-state index contributed by atoms with van der Waals surface area (Å²) in [7, 11) is 1.91. The number of fused-ring (bicyclic) bond motifs is 1. The van der Waals surface area contributed by atoms with Crippen LogP contribution in [0.25, 0.3) is 27.3 Å². The van der Waals surface area contributed by atoms with Crippen LogP contribution in [0.5, 0.6) is 0 Å². The Balaban J connectivity index is 1.73. The first-order valence-corrected chi connectivity index (χ1v) is 10.6. The van der Waals surface area contributed by atoms with Crippen molar-refractivity contribution in [3.8, 4) is 16.3 Å². The molecule has 29 heavy (non-hydrogen) atoms. The van der Waals surface area contributed by atoms with Gasteiger partial charge in [-0.05, 0) is 43.0 Å². The highest BCUT2D eigenvalue weighted by molar-refractivity contribution is 7.13. The number of carbonyl (C=O) groups is 1. The summed E-state index contributed by atoms with van der Waals surface area (Å²) in [5, 5.41) is 10.9. The highest BCUT2D eigenvalue weighted by Crippen LogP contribution is 2.34. The molecule has 0 aliphatic carbocycles. The van der Waals surface area contributed by atoms with E-state index in [4.69, 9.17) is 9.84 Å². The zero-order valence-corrected chi connectivity index (χ0v) is 17.4. The van der Waals surface area contributed by atoms with Crippen molar-refractivity contribution in [3.63, 3.8) is 0 Å². The van der Waals surface area contributed by atoms with Crippen LogP contribution in [0.4, 0.5) is 0 Å². The smallest absolute Gasteiger partial charge is 0.267 e. The van der Waals surface area contributed by atoms with Crippen LogP contribution in [0, 0.1) is 0 Å². The Morgan fingerprint density at radius 3 is 2.76 bits per heavy atom. The number of para-hydroxylation sites is 1. The lowest BCUT2D eigenvalue weighted by Crippen LogP contribution is -2.27. The fourth-order valence-corrected chi connectivity index (χ4v) is 4.12. The molecule has 150 valence electrons. The summed E-state index contributed by atoms with van der Waals surface area (Å²) in [6.45, 7) is 3.90. The maximum Gasteiger partial charge on any atom is 0.267 e. The van der Waals surface area contributed by atoms with Gasteiger partial charge >= 0.3 is 0 Å². The predicted octanol–water partition coefficient (Wildman–Crippen LogP) is 4.25. The third kappa shape index (κ3) is 3.83. The number of rotatable bonds is 8. The topological polar surface area (TPSA) is 61.1 Å². The van der Waals surface area contributed by atoms with Gasteiger partial charge in [-0.3, -0.25) is 4.79 Å². The van der Waals surface area contributed by atoms with E-state index in [2.05, 4.69) is 11.4 Å². The highest BCUT2D eigenvalue weighted by Gasteiger charge is 2.22. The van der Waals surface area contributed by atoms with Gasteiger partial charge in [-0.25, -0.2) is 4.68 Å². The molecule has 1 aromatic carbocycles. The Bertz CT molecular complexity index is 1100. The van der Waals surface area contributed by atoms with Crippen LogP contribution in [-0.4, -0.2) is 40.0 Å². The van der Waals surface area contributed by atoms with Gasteiger partial charge in [-0.15, -0.1) is 11.3 Å². The number of thiophene rings is 1. The average molecular weight is 409 g/mol. The molecule has 7 heteroatoms. The molecule has 1 amide bonds. The number of aromatic nitrogens is 3. The summed E-state index contributed by atoms with van der Waals surface area (Å²) in [5.74, 6) is -0.0862. The van der Waals surface area contributed by atoms with Crippen LogP contribution in [-0.2, 0) is 11.8 Å². The predicted molar refractivity (Wildman–Crippen MR) is 117 cm³/mol. The minimum Gasteiger partial charge on any atom is -0.382 e. The van der Waals surface area contributed by atoms with Crippen molar-refractivity contribution in [1.82, 2.24) is 19.7 Å². The van der Waals surface area contributed by atoms with Crippen molar-refractivity contribution in [3.05, 3.63) is 59.6 Å². The summed E-state index contributed by atoms with van der Waals surface area (Å²) < 4.78 is 9.17. The van der Waals surface area contributed by atoms with E-state index in [9.17, 15) is 4.79 Å². The Labute approximate surface area is 173 Å². The summed E-state index contributed by atoms with van der Waals surface area (Å²) in [4.78, 5) is 13.9. The van der Waals surface area contributed by atoms with Gasteiger partial charge in [0.2, 0.25) is 0 Å². The first-order chi connectivity index (χ1) is 14.2. The normalized spacial score (nSPS) is 11.2. The molecule has 0 aliphatic heterocycles. The zero-order chi connectivity index (χ0) is 20.2. The first-order valence-electron chi connectivity index (χ1n) is 9.74.